The molecule has 1 aliphatic rings. The Morgan fingerprint density at radius 3 is 1.68 bits per heavy atom. The Morgan fingerprint density at radius 1 is 0.553 bits per heavy atom. The predicted molar refractivity (Wildman–Crippen MR) is 155 cm³/mol. The van der Waals surface area contributed by atoms with Crippen molar-refractivity contribution in [1.82, 2.24) is 0 Å². The minimum atomic E-state index is -0.105. The number of ether oxygens (including phenoxy) is 1. The highest BCUT2D eigenvalue weighted by Gasteiger charge is 2.41. The van der Waals surface area contributed by atoms with Crippen LogP contribution in [-0.2, 0) is 0 Å². The van der Waals surface area contributed by atoms with Crippen LogP contribution < -0.4 is 4.74 Å². The van der Waals surface area contributed by atoms with E-state index in [2.05, 4.69) is 129 Å². The highest BCUT2D eigenvalue weighted by atomic mass is 16.5. The van der Waals surface area contributed by atoms with Crippen molar-refractivity contribution in [3.05, 3.63) is 149 Å². The molecule has 2 heterocycles. The Balaban J connectivity index is 1.54. The van der Waals surface area contributed by atoms with Gasteiger partial charge in [-0.3, -0.25) is 0 Å². The summed E-state index contributed by atoms with van der Waals surface area (Å²) in [6, 6.07) is 42.3. The molecule has 2 nitrogen and oxygen atoms in total. The molecule has 1 aromatic heterocycles. The van der Waals surface area contributed by atoms with Gasteiger partial charge in [0.25, 0.3) is 0 Å². The zero-order valence-corrected chi connectivity index (χ0v) is 21.5. The number of hydrogen-bond acceptors (Lipinski definition) is 2. The molecule has 38 heavy (non-hydrogen) atoms. The summed E-state index contributed by atoms with van der Waals surface area (Å²) in [5.74, 6) is 1.95. The number of benzene rings is 5. The smallest absolute Gasteiger partial charge is 0.143 e. The van der Waals surface area contributed by atoms with E-state index < -0.39 is 0 Å². The fraction of sp³-hybridized carbons (Fsp3) is 0.111. The normalized spacial score (nSPS) is 16.4. The fourth-order valence-corrected chi connectivity index (χ4v) is 6.11. The lowest BCUT2D eigenvalue weighted by molar-refractivity contribution is 0.221. The molecule has 0 aliphatic carbocycles. The Kier molecular flexibility index (Phi) is 5.40. The molecule has 1 aliphatic heterocycles. The maximum Gasteiger partial charge on any atom is 0.143 e. The van der Waals surface area contributed by atoms with Gasteiger partial charge in [-0.2, -0.15) is 0 Å². The van der Waals surface area contributed by atoms with Crippen molar-refractivity contribution in [3.8, 4) is 28.2 Å². The van der Waals surface area contributed by atoms with Gasteiger partial charge in [-0.1, -0.05) is 121 Å². The van der Waals surface area contributed by atoms with Gasteiger partial charge >= 0.3 is 0 Å². The Hall–Kier alpha value is -4.56. The van der Waals surface area contributed by atoms with Crippen LogP contribution in [0.1, 0.15) is 39.8 Å². The average molecular weight is 493 g/mol. The van der Waals surface area contributed by atoms with Gasteiger partial charge < -0.3 is 9.15 Å². The Bertz CT molecular complexity index is 1730. The van der Waals surface area contributed by atoms with Crippen molar-refractivity contribution in [3.63, 3.8) is 0 Å². The SMILES string of the molecule is Cc1c2c(c(C)c3c(-c4ccccc4)c(-c4ccccc4)oc13)O[C@@H](c1ccccc1)[C@@H]2c1ccccc1. The standard InChI is InChI=1S/C36H28O2/c1-23-29-31(25-15-7-3-8-16-25)35(27-19-11-5-12-20-27)38-34(29)24(2)30-32(26-17-9-4-10-18-26)36(37-33(23)30)28-21-13-6-14-22-28/h3-22,31,35H,1-2H3/t31-,35+/m1/s1. The molecule has 0 radical (unpaired) electrons. The van der Waals surface area contributed by atoms with Crippen LogP contribution in [0.2, 0.25) is 0 Å². The fourth-order valence-electron chi connectivity index (χ4n) is 6.11. The zero-order valence-electron chi connectivity index (χ0n) is 21.5. The molecule has 0 saturated heterocycles. The number of aryl methyl sites for hydroxylation is 2. The average Bonchev–Trinajstić information content (AvgIpc) is 3.59. The van der Waals surface area contributed by atoms with E-state index in [9.17, 15) is 0 Å². The van der Waals surface area contributed by atoms with Crippen LogP contribution in [0.15, 0.2) is 126 Å². The van der Waals surface area contributed by atoms with Crippen molar-refractivity contribution >= 4 is 11.0 Å². The highest BCUT2D eigenvalue weighted by molar-refractivity contribution is 6.06. The van der Waals surface area contributed by atoms with Crippen LogP contribution in [0.3, 0.4) is 0 Å². The largest absolute Gasteiger partial charge is 0.484 e. The van der Waals surface area contributed by atoms with E-state index in [0.717, 1.165) is 50.3 Å². The van der Waals surface area contributed by atoms with Crippen LogP contribution in [0.25, 0.3) is 33.4 Å². The number of hydrogen-bond donors (Lipinski definition) is 0. The molecule has 0 bridgehead atoms. The van der Waals surface area contributed by atoms with Crippen LogP contribution >= 0.6 is 0 Å². The topological polar surface area (TPSA) is 22.4 Å². The molecular weight excluding hydrogens is 464 g/mol. The molecule has 184 valence electrons. The third kappa shape index (κ3) is 3.48. The van der Waals surface area contributed by atoms with Crippen LogP contribution in [0, 0.1) is 13.8 Å². The number of furan rings is 1. The second-order valence-electron chi connectivity index (χ2n) is 10.1. The Morgan fingerprint density at radius 2 is 1.08 bits per heavy atom. The first kappa shape index (κ1) is 22.6. The van der Waals surface area contributed by atoms with Crippen molar-refractivity contribution in [1.29, 1.82) is 0 Å². The maximum atomic E-state index is 6.94. The quantitative estimate of drug-likeness (QED) is 0.244. The lowest BCUT2D eigenvalue weighted by Gasteiger charge is -2.20. The van der Waals surface area contributed by atoms with E-state index in [4.69, 9.17) is 9.15 Å². The molecule has 5 aromatic carbocycles. The lowest BCUT2D eigenvalue weighted by atomic mass is 9.82. The van der Waals surface area contributed by atoms with Gasteiger partial charge in [-0.05, 0) is 30.5 Å². The second kappa shape index (κ2) is 9.08. The van der Waals surface area contributed by atoms with Gasteiger partial charge in [0, 0.05) is 33.2 Å². The zero-order chi connectivity index (χ0) is 25.6. The molecule has 0 saturated carbocycles. The molecule has 6 aromatic rings. The van der Waals surface area contributed by atoms with Gasteiger partial charge in [0.15, 0.2) is 0 Å². The van der Waals surface area contributed by atoms with E-state index in [0.29, 0.717) is 0 Å². The molecule has 2 heteroatoms. The highest BCUT2D eigenvalue weighted by Crippen LogP contribution is 2.56. The van der Waals surface area contributed by atoms with Crippen molar-refractivity contribution < 1.29 is 9.15 Å². The van der Waals surface area contributed by atoms with E-state index in [1.165, 1.54) is 16.7 Å². The minimum Gasteiger partial charge on any atom is -0.484 e. The predicted octanol–water partition coefficient (Wildman–Crippen LogP) is 9.65. The van der Waals surface area contributed by atoms with Gasteiger partial charge in [0.1, 0.15) is 23.2 Å². The molecule has 7 rings (SSSR count). The molecule has 0 amide bonds. The Labute approximate surface area is 223 Å². The molecular formula is C36H28O2. The van der Waals surface area contributed by atoms with Crippen LogP contribution in [0.5, 0.6) is 5.75 Å². The summed E-state index contributed by atoms with van der Waals surface area (Å²) in [4.78, 5) is 0. The summed E-state index contributed by atoms with van der Waals surface area (Å²) in [7, 11) is 0. The van der Waals surface area contributed by atoms with Crippen molar-refractivity contribution in [2.75, 3.05) is 0 Å². The monoisotopic (exact) mass is 492 g/mol. The van der Waals surface area contributed by atoms with Gasteiger partial charge in [-0.15, -0.1) is 0 Å². The molecule has 0 unspecified atom stereocenters. The molecule has 0 fully saturated rings. The summed E-state index contributed by atoms with van der Waals surface area (Å²) >= 11 is 0. The van der Waals surface area contributed by atoms with E-state index in [-0.39, 0.29) is 12.0 Å². The minimum absolute atomic E-state index is 0.0714. The number of rotatable bonds is 4. The summed E-state index contributed by atoms with van der Waals surface area (Å²) in [5.41, 5.74) is 10.2. The van der Waals surface area contributed by atoms with Gasteiger partial charge in [-0.25, -0.2) is 0 Å². The molecule has 0 spiro atoms. The van der Waals surface area contributed by atoms with Gasteiger partial charge in [0.05, 0.1) is 5.92 Å². The molecule has 0 N–H and O–H groups in total. The first-order valence-corrected chi connectivity index (χ1v) is 13.2. The summed E-state index contributed by atoms with van der Waals surface area (Å²) in [6.45, 7) is 4.38. The van der Waals surface area contributed by atoms with Crippen LogP contribution in [-0.4, -0.2) is 0 Å². The lowest BCUT2D eigenvalue weighted by Crippen LogP contribution is -2.11. The first-order valence-electron chi connectivity index (χ1n) is 13.2. The second-order valence-corrected chi connectivity index (χ2v) is 10.1. The van der Waals surface area contributed by atoms with Gasteiger partial charge in [0.2, 0.25) is 0 Å². The maximum absolute atomic E-state index is 6.94. The third-order valence-corrected chi connectivity index (χ3v) is 7.86. The van der Waals surface area contributed by atoms with E-state index in [1.54, 1.807) is 0 Å². The summed E-state index contributed by atoms with van der Waals surface area (Å²) < 4.78 is 13.8. The summed E-state index contributed by atoms with van der Waals surface area (Å²) in [5, 5.41) is 1.13. The van der Waals surface area contributed by atoms with E-state index in [1.807, 2.05) is 6.07 Å². The van der Waals surface area contributed by atoms with Crippen molar-refractivity contribution in [2.45, 2.75) is 25.9 Å². The summed E-state index contributed by atoms with van der Waals surface area (Å²) in [6.07, 6.45) is -0.105. The van der Waals surface area contributed by atoms with Crippen molar-refractivity contribution in [2.24, 2.45) is 0 Å². The number of fused-ring (bicyclic) bond motifs is 2. The van der Waals surface area contributed by atoms with E-state index >= 15 is 0 Å². The molecule has 2 atom stereocenters. The van der Waals surface area contributed by atoms with Crippen LogP contribution in [0.4, 0.5) is 0 Å². The first-order chi connectivity index (χ1) is 18.7. The third-order valence-electron chi connectivity index (χ3n) is 7.86.